The fourth-order valence-electron chi connectivity index (χ4n) is 2.94. The molecule has 0 radical (unpaired) electrons. The van der Waals surface area contributed by atoms with E-state index in [1.807, 2.05) is 26.0 Å². The molecule has 7 heteroatoms. The third-order valence-electron chi connectivity index (χ3n) is 3.87. The van der Waals surface area contributed by atoms with Gasteiger partial charge in [0.1, 0.15) is 4.21 Å². The number of hydrogen-bond acceptors (Lipinski definition) is 4. The molecule has 1 N–H and O–H groups in total. The second-order valence-corrected chi connectivity index (χ2v) is 8.81. The molecular formula is C14H19N3O2S2. The normalized spacial score (nSPS) is 20.8. The Morgan fingerprint density at radius 2 is 2.19 bits per heavy atom. The fourth-order valence-corrected chi connectivity index (χ4v) is 6.39. The molecule has 1 aliphatic rings. The minimum absolute atomic E-state index is 0.131. The van der Waals surface area contributed by atoms with Crippen molar-refractivity contribution >= 4 is 21.4 Å². The fraction of sp³-hybridized carbons (Fsp3) is 0.500. The lowest BCUT2D eigenvalue weighted by Crippen LogP contribution is -2.38. The lowest BCUT2D eigenvalue weighted by Gasteiger charge is -2.33. The average molecular weight is 325 g/mol. The Hall–Kier alpha value is -1.18. The summed E-state index contributed by atoms with van der Waals surface area (Å²) in [5.41, 5.74) is 1.72. The monoisotopic (exact) mass is 325 g/mol. The molecule has 0 spiro atoms. The van der Waals surface area contributed by atoms with E-state index in [0.29, 0.717) is 10.8 Å². The Labute approximate surface area is 129 Å². The maximum absolute atomic E-state index is 13.0. The van der Waals surface area contributed by atoms with Crippen molar-refractivity contribution < 1.29 is 8.42 Å². The molecule has 2 aromatic rings. The van der Waals surface area contributed by atoms with Crippen molar-refractivity contribution in [3.05, 3.63) is 34.5 Å². The first-order chi connectivity index (χ1) is 10.00. The predicted octanol–water partition coefficient (Wildman–Crippen LogP) is 3.00. The van der Waals surface area contributed by atoms with Crippen LogP contribution in [0.15, 0.2) is 22.5 Å². The van der Waals surface area contributed by atoms with Gasteiger partial charge in [-0.2, -0.15) is 9.40 Å². The lowest BCUT2D eigenvalue weighted by atomic mass is 10.0. The third kappa shape index (κ3) is 2.65. The molecule has 0 bridgehead atoms. The predicted molar refractivity (Wildman–Crippen MR) is 82.9 cm³/mol. The minimum Gasteiger partial charge on any atom is -0.281 e. The van der Waals surface area contributed by atoms with Crippen molar-refractivity contribution in [3.8, 4) is 0 Å². The van der Waals surface area contributed by atoms with Crippen LogP contribution in [-0.2, 0) is 10.0 Å². The number of rotatable bonds is 3. The van der Waals surface area contributed by atoms with Crippen LogP contribution in [0.1, 0.15) is 41.4 Å². The van der Waals surface area contributed by atoms with Crippen molar-refractivity contribution in [2.75, 3.05) is 6.54 Å². The molecule has 0 aliphatic carbocycles. The van der Waals surface area contributed by atoms with E-state index in [0.717, 1.165) is 35.4 Å². The van der Waals surface area contributed by atoms with E-state index in [1.165, 1.54) is 11.3 Å². The zero-order valence-corrected chi connectivity index (χ0v) is 13.8. The van der Waals surface area contributed by atoms with Crippen molar-refractivity contribution in [2.24, 2.45) is 0 Å². The van der Waals surface area contributed by atoms with Gasteiger partial charge in [0.25, 0.3) is 10.0 Å². The van der Waals surface area contributed by atoms with Gasteiger partial charge >= 0.3 is 0 Å². The minimum atomic E-state index is -3.44. The number of sulfonamides is 1. The number of nitrogens with one attached hydrogen (secondary N) is 1. The summed E-state index contributed by atoms with van der Waals surface area (Å²) < 4.78 is 28.2. The number of aromatic amines is 1. The molecule has 114 valence electrons. The Morgan fingerprint density at radius 3 is 2.81 bits per heavy atom. The van der Waals surface area contributed by atoms with Gasteiger partial charge in [-0.1, -0.05) is 6.42 Å². The van der Waals surface area contributed by atoms with E-state index < -0.39 is 10.0 Å². The maximum atomic E-state index is 13.0. The van der Waals surface area contributed by atoms with Crippen LogP contribution in [0.25, 0.3) is 0 Å². The van der Waals surface area contributed by atoms with Crippen LogP contribution in [0.5, 0.6) is 0 Å². The van der Waals surface area contributed by atoms with Crippen molar-refractivity contribution in [1.29, 1.82) is 0 Å². The second-order valence-electron chi connectivity index (χ2n) is 5.47. The highest BCUT2D eigenvalue weighted by atomic mass is 32.2. The van der Waals surface area contributed by atoms with E-state index in [2.05, 4.69) is 10.2 Å². The first kappa shape index (κ1) is 14.7. The van der Waals surface area contributed by atoms with Crippen molar-refractivity contribution in [2.45, 2.75) is 43.4 Å². The highest BCUT2D eigenvalue weighted by molar-refractivity contribution is 7.91. The van der Waals surface area contributed by atoms with E-state index in [9.17, 15) is 8.42 Å². The number of aromatic nitrogens is 2. The van der Waals surface area contributed by atoms with Crippen LogP contribution < -0.4 is 0 Å². The van der Waals surface area contributed by atoms with E-state index in [1.54, 1.807) is 10.5 Å². The summed E-state index contributed by atoms with van der Waals surface area (Å²) in [7, 11) is -3.44. The van der Waals surface area contributed by atoms with Gasteiger partial charge in [0.05, 0.1) is 11.7 Å². The van der Waals surface area contributed by atoms with E-state index >= 15 is 0 Å². The zero-order chi connectivity index (χ0) is 15.0. The van der Waals surface area contributed by atoms with Crippen LogP contribution in [0.4, 0.5) is 0 Å². The smallest absolute Gasteiger partial charge is 0.253 e. The molecule has 1 atom stereocenters. The van der Waals surface area contributed by atoms with Gasteiger partial charge in [-0.05, 0) is 44.4 Å². The first-order valence-corrected chi connectivity index (χ1v) is 9.34. The Kier molecular flexibility index (Phi) is 3.90. The lowest BCUT2D eigenvalue weighted by molar-refractivity contribution is 0.252. The van der Waals surface area contributed by atoms with Gasteiger partial charge in [-0.3, -0.25) is 5.10 Å². The zero-order valence-electron chi connectivity index (χ0n) is 12.2. The quantitative estimate of drug-likeness (QED) is 0.943. The molecule has 3 heterocycles. The van der Waals surface area contributed by atoms with Crippen LogP contribution in [0.2, 0.25) is 0 Å². The summed E-state index contributed by atoms with van der Waals surface area (Å²) in [6.45, 7) is 4.38. The molecule has 1 saturated heterocycles. The highest BCUT2D eigenvalue weighted by Gasteiger charge is 2.36. The second kappa shape index (κ2) is 5.55. The molecule has 0 aromatic carbocycles. The van der Waals surface area contributed by atoms with Crippen molar-refractivity contribution in [1.82, 2.24) is 14.5 Å². The number of piperidine rings is 1. The van der Waals surface area contributed by atoms with E-state index in [-0.39, 0.29) is 6.04 Å². The summed E-state index contributed by atoms with van der Waals surface area (Å²) in [4.78, 5) is 1.03. The Bertz CT molecular complexity index is 719. The summed E-state index contributed by atoms with van der Waals surface area (Å²) in [5.74, 6) is 0. The summed E-state index contributed by atoms with van der Waals surface area (Å²) >= 11 is 1.36. The van der Waals surface area contributed by atoms with Gasteiger partial charge in [-0.25, -0.2) is 8.42 Å². The summed E-state index contributed by atoms with van der Waals surface area (Å²) in [6, 6.07) is 3.67. The molecule has 21 heavy (non-hydrogen) atoms. The number of nitrogens with zero attached hydrogens (tertiary/aromatic N) is 2. The number of thiophene rings is 1. The van der Waals surface area contributed by atoms with E-state index in [4.69, 9.17) is 0 Å². The molecule has 1 unspecified atom stereocenters. The molecule has 1 aliphatic heterocycles. The molecular weight excluding hydrogens is 306 g/mol. The Balaban J connectivity index is 2.01. The first-order valence-electron chi connectivity index (χ1n) is 7.08. The molecule has 0 amide bonds. The molecule has 2 aromatic heterocycles. The number of hydrogen-bond donors (Lipinski definition) is 1. The van der Waals surface area contributed by atoms with Crippen molar-refractivity contribution in [3.63, 3.8) is 0 Å². The van der Waals surface area contributed by atoms with Gasteiger partial charge < -0.3 is 0 Å². The SMILES string of the molecule is Cc1cc(C)c(S(=O)(=O)N2CCCCC2c2ccn[nH]2)s1. The van der Waals surface area contributed by atoms with Gasteiger partial charge in [-0.15, -0.1) is 11.3 Å². The standard InChI is InChI=1S/C14H19N3O2S2/c1-10-9-11(2)20-14(10)21(18,19)17-8-4-3-5-13(17)12-6-7-15-16-12/h6-7,9,13H,3-5,8H2,1-2H3,(H,15,16). The Morgan fingerprint density at radius 1 is 1.38 bits per heavy atom. The summed E-state index contributed by atoms with van der Waals surface area (Å²) in [6.07, 6.45) is 4.46. The molecule has 1 fully saturated rings. The number of aryl methyl sites for hydroxylation is 2. The van der Waals surface area contributed by atoms with Crippen LogP contribution in [0.3, 0.4) is 0 Å². The van der Waals surface area contributed by atoms with Crippen LogP contribution in [0, 0.1) is 13.8 Å². The highest BCUT2D eigenvalue weighted by Crippen LogP contribution is 2.37. The molecule has 0 saturated carbocycles. The average Bonchev–Trinajstić information content (AvgIpc) is 3.08. The maximum Gasteiger partial charge on any atom is 0.253 e. The topological polar surface area (TPSA) is 66.1 Å². The summed E-state index contributed by atoms with van der Waals surface area (Å²) in [5, 5.41) is 6.89. The third-order valence-corrected chi connectivity index (χ3v) is 7.55. The molecule has 3 rings (SSSR count). The molecule has 5 nitrogen and oxygen atoms in total. The number of H-pyrrole nitrogens is 1. The largest absolute Gasteiger partial charge is 0.281 e. The van der Waals surface area contributed by atoms with Crippen LogP contribution >= 0.6 is 11.3 Å². The van der Waals surface area contributed by atoms with Crippen LogP contribution in [-0.4, -0.2) is 29.5 Å². The van der Waals surface area contributed by atoms with Gasteiger partial charge in [0.2, 0.25) is 0 Å². The van der Waals surface area contributed by atoms with Gasteiger partial charge in [0, 0.05) is 17.6 Å². The van der Waals surface area contributed by atoms with Gasteiger partial charge in [0.15, 0.2) is 0 Å².